The average Bonchev–Trinajstić information content (AvgIpc) is 3.48. The number of benzene rings is 6. The van der Waals surface area contributed by atoms with Gasteiger partial charge in [0, 0.05) is 44.0 Å². The van der Waals surface area contributed by atoms with E-state index < -0.39 is 0 Å². The summed E-state index contributed by atoms with van der Waals surface area (Å²) in [4.78, 5) is 0. The summed E-state index contributed by atoms with van der Waals surface area (Å²) in [5.74, 6) is 1.63. The van der Waals surface area contributed by atoms with E-state index in [1.807, 2.05) is 0 Å². The van der Waals surface area contributed by atoms with E-state index in [0.717, 1.165) is 34.0 Å². The molecule has 0 saturated heterocycles. The lowest BCUT2D eigenvalue weighted by Crippen LogP contribution is -2.03. The maximum atomic E-state index is 6.11. The van der Waals surface area contributed by atoms with E-state index >= 15 is 0 Å². The third-order valence-corrected chi connectivity index (χ3v) is 8.32. The molecule has 6 aromatic carbocycles. The number of para-hydroxylation sites is 4. The quantitative estimate of drug-likeness (QED) is 0.224. The minimum atomic E-state index is 0.170. The van der Waals surface area contributed by atoms with E-state index in [1.165, 1.54) is 43.6 Å². The van der Waals surface area contributed by atoms with Crippen molar-refractivity contribution in [2.75, 3.05) is 6.79 Å². The number of fused-ring (bicyclic) bond motifs is 9. The first-order valence-corrected chi connectivity index (χ1v) is 13.9. The van der Waals surface area contributed by atoms with Gasteiger partial charge in [-0.2, -0.15) is 0 Å². The molecular formula is C37H24N2O2. The van der Waals surface area contributed by atoms with Crippen molar-refractivity contribution in [3.8, 4) is 34.0 Å². The second-order valence-electron chi connectivity index (χ2n) is 10.5. The molecule has 0 amide bonds. The molecule has 0 aliphatic carbocycles. The summed E-state index contributed by atoms with van der Waals surface area (Å²) >= 11 is 0. The van der Waals surface area contributed by atoms with Crippen LogP contribution < -0.4 is 9.47 Å². The molecule has 4 nitrogen and oxygen atoms in total. The summed E-state index contributed by atoms with van der Waals surface area (Å²) in [5, 5.41) is 4.97. The molecule has 9 rings (SSSR count). The van der Waals surface area contributed by atoms with Crippen LogP contribution >= 0.6 is 0 Å². The zero-order chi connectivity index (χ0) is 26.9. The SMILES string of the molecule is c1ccc2c(c1)c1ccccc1n2-c1ccc2c(c1)-c1cc(-n3c4ccccc4c4ccccc43)ccc1OCO2. The van der Waals surface area contributed by atoms with Gasteiger partial charge >= 0.3 is 0 Å². The fraction of sp³-hybridized carbons (Fsp3) is 0.0270. The van der Waals surface area contributed by atoms with Crippen molar-refractivity contribution in [3.05, 3.63) is 133 Å². The van der Waals surface area contributed by atoms with Gasteiger partial charge < -0.3 is 18.6 Å². The van der Waals surface area contributed by atoms with Gasteiger partial charge in [-0.3, -0.25) is 0 Å². The van der Waals surface area contributed by atoms with Crippen molar-refractivity contribution in [2.24, 2.45) is 0 Å². The molecule has 0 bridgehead atoms. The highest BCUT2D eigenvalue weighted by Gasteiger charge is 2.21. The Labute approximate surface area is 236 Å². The van der Waals surface area contributed by atoms with Gasteiger partial charge in [-0.15, -0.1) is 0 Å². The Bertz CT molecular complexity index is 2040. The van der Waals surface area contributed by atoms with Crippen LogP contribution in [0, 0.1) is 0 Å². The first-order chi connectivity index (χ1) is 20.3. The van der Waals surface area contributed by atoms with Crippen LogP contribution in [-0.2, 0) is 0 Å². The lowest BCUT2D eigenvalue weighted by Gasteiger charge is -2.14. The highest BCUT2D eigenvalue weighted by molar-refractivity contribution is 6.10. The van der Waals surface area contributed by atoms with E-state index in [2.05, 4.69) is 143 Å². The maximum absolute atomic E-state index is 6.11. The Morgan fingerprint density at radius 2 is 0.732 bits per heavy atom. The molecule has 2 aromatic heterocycles. The zero-order valence-electron chi connectivity index (χ0n) is 22.1. The van der Waals surface area contributed by atoms with Gasteiger partial charge in [-0.05, 0) is 60.7 Å². The van der Waals surface area contributed by atoms with Crippen LogP contribution in [0.5, 0.6) is 11.5 Å². The molecule has 3 heterocycles. The summed E-state index contributed by atoms with van der Waals surface area (Å²) < 4.78 is 16.9. The van der Waals surface area contributed by atoms with Crippen molar-refractivity contribution < 1.29 is 9.47 Å². The van der Waals surface area contributed by atoms with E-state index in [-0.39, 0.29) is 6.79 Å². The maximum Gasteiger partial charge on any atom is 0.230 e. The van der Waals surface area contributed by atoms with Crippen molar-refractivity contribution in [1.29, 1.82) is 0 Å². The van der Waals surface area contributed by atoms with Crippen LogP contribution in [0.4, 0.5) is 0 Å². The summed E-state index contributed by atoms with van der Waals surface area (Å²) in [5.41, 5.74) is 8.91. The van der Waals surface area contributed by atoms with Gasteiger partial charge in [0.05, 0.1) is 22.1 Å². The fourth-order valence-corrected chi connectivity index (χ4v) is 6.54. The first kappa shape index (κ1) is 22.3. The molecule has 0 atom stereocenters. The third-order valence-electron chi connectivity index (χ3n) is 8.32. The average molecular weight is 529 g/mol. The van der Waals surface area contributed by atoms with Gasteiger partial charge in [-0.1, -0.05) is 72.8 Å². The molecule has 194 valence electrons. The molecule has 1 aliphatic heterocycles. The molecule has 0 N–H and O–H groups in total. The van der Waals surface area contributed by atoms with Gasteiger partial charge in [-0.25, -0.2) is 0 Å². The predicted octanol–water partition coefficient (Wildman–Crippen LogP) is 9.28. The normalized spacial score (nSPS) is 12.7. The Kier molecular flexibility index (Phi) is 4.64. The second kappa shape index (κ2) is 8.51. The number of hydrogen-bond acceptors (Lipinski definition) is 2. The molecule has 8 aromatic rings. The monoisotopic (exact) mass is 528 g/mol. The molecule has 0 unspecified atom stereocenters. The predicted molar refractivity (Wildman–Crippen MR) is 167 cm³/mol. The van der Waals surface area contributed by atoms with Crippen LogP contribution in [0.1, 0.15) is 0 Å². The summed E-state index contributed by atoms with van der Waals surface area (Å²) in [6, 6.07) is 47.3. The van der Waals surface area contributed by atoms with Crippen LogP contribution in [-0.4, -0.2) is 15.9 Å². The zero-order valence-corrected chi connectivity index (χ0v) is 22.1. The minimum Gasteiger partial charge on any atom is -0.457 e. The lowest BCUT2D eigenvalue weighted by molar-refractivity contribution is 0.125. The molecule has 41 heavy (non-hydrogen) atoms. The first-order valence-electron chi connectivity index (χ1n) is 13.9. The fourth-order valence-electron chi connectivity index (χ4n) is 6.54. The van der Waals surface area contributed by atoms with E-state index in [0.29, 0.717) is 0 Å². The number of rotatable bonds is 2. The summed E-state index contributed by atoms with van der Waals surface area (Å²) in [7, 11) is 0. The number of nitrogens with zero attached hydrogens (tertiary/aromatic N) is 2. The van der Waals surface area contributed by atoms with Gasteiger partial charge in [0.15, 0.2) is 0 Å². The van der Waals surface area contributed by atoms with E-state index in [1.54, 1.807) is 0 Å². The Morgan fingerprint density at radius 1 is 0.390 bits per heavy atom. The second-order valence-corrected chi connectivity index (χ2v) is 10.5. The van der Waals surface area contributed by atoms with Crippen molar-refractivity contribution in [1.82, 2.24) is 9.13 Å². The molecule has 0 radical (unpaired) electrons. The Morgan fingerprint density at radius 3 is 1.10 bits per heavy atom. The summed E-state index contributed by atoms with van der Waals surface area (Å²) in [6.07, 6.45) is 0. The number of ether oxygens (including phenoxy) is 2. The van der Waals surface area contributed by atoms with Gasteiger partial charge in [0.25, 0.3) is 0 Å². The molecule has 4 heteroatoms. The largest absolute Gasteiger partial charge is 0.457 e. The van der Waals surface area contributed by atoms with Crippen LogP contribution in [0.15, 0.2) is 133 Å². The van der Waals surface area contributed by atoms with Crippen molar-refractivity contribution in [3.63, 3.8) is 0 Å². The topological polar surface area (TPSA) is 28.3 Å². The van der Waals surface area contributed by atoms with Crippen molar-refractivity contribution >= 4 is 43.6 Å². The van der Waals surface area contributed by atoms with E-state index in [9.17, 15) is 0 Å². The lowest BCUT2D eigenvalue weighted by atomic mass is 10.0. The highest BCUT2D eigenvalue weighted by atomic mass is 16.7. The summed E-state index contributed by atoms with van der Waals surface area (Å²) in [6.45, 7) is 0.170. The molecule has 0 spiro atoms. The Balaban J connectivity index is 1.30. The molecular weight excluding hydrogens is 504 g/mol. The molecule has 0 fully saturated rings. The molecule has 1 aliphatic rings. The standard InChI is InChI=1S/C37H24N2O2/c1-5-13-32-26(9-1)27-10-2-6-14-33(27)38(32)24-17-19-36-30(21-24)31-22-25(18-20-37(31)41-23-40-36)39-34-15-7-3-11-28(34)29-12-4-8-16-35(29)39/h1-22H,23H2. The van der Waals surface area contributed by atoms with Crippen LogP contribution in [0.2, 0.25) is 0 Å². The Hall–Kier alpha value is -5.48. The van der Waals surface area contributed by atoms with Crippen molar-refractivity contribution in [2.45, 2.75) is 0 Å². The van der Waals surface area contributed by atoms with Gasteiger partial charge in [0.1, 0.15) is 11.5 Å². The molecule has 0 saturated carbocycles. The number of aromatic nitrogens is 2. The van der Waals surface area contributed by atoms with E-state index in [4.69, 9.17) is 9.47 Å². The highest BCUT2D eigenvalue weighted by Crippen LogP contribution is 2.43. The van der Waals surface area contributed by atoms with Crippen LogP contribution in [0.3, 0.4) is 0 Å². The van der Waals surface area contributed by atoms with Gasteiger partial charge in [0.2, 0.25) is 6.79 Å². The third kappa shape index (κ3) is 3.22. The smallest absolute Gasteiger partial charge is 0.230 e. The minimum absolute atomic E-state index is 0.170. The van der Waals surface area contributed by atoms with Crippen LogP contribution in [0.25, 0.3) is 66.1 Å². The number of hydrogen-bond donors (Lipinski definition) is 0.